The van der Waals surface area contributed by atoms with E-state index in [9.17, 15) is 9.59 Å². The number of nitrogens with one attached hydrogen (secondary N) is 1. The summed E-state index contributed by atoms with van der Waals surface area (Å²) in [6.45, 7) is 8.66. The number of aryl methyl sites for hydroxylation is 1. The second-order valence-electron chi connectivity index (χ2n) is 9.82. The summed E-state index contributed by atoms with van der Waals surface area (Å²) in [7, 11) is 0. The topological polar surface area (TPSA) is 65.1 Å². The predicted molar refractivity (Wildman–Crippen MR) is 151 cm³/mol. The van der Waals surface area contributed by atoms with E-state index in [1.54, 1.807) is 30.3 Å². The first kappa shape index (κ1) is 26.2. The van der Waals surface area contributed by atoms with Crippen LogP contribution in [-0.4, -0.2) is 74.1 Å². The van der Waals surface area contributed by atoms with Crippen molar-refractivity contribution in [2.24, 2.45) is 0 Å². The van der Waals surface area contributed by atoms with Gasteiger partial charge in [0.1, 0.15) is 0 Å². The molecule has 2 saturated heterocycles. The second kappa shape index (κ2) is 12.0. The molecule has 1 N–H and O–H groups in total. The van der Waals surface area contributed by atoms with Crippen molar-refractivity contribution in [1.82, 2.24) is 9.80 Å². The maximum absolute atomic E-state index is 13.7. The third kappa shape index (κ3) is 6.18. The first-order chi connectivity index (χ1) is 18.5. The summed E-state index contributed by atoms with van der Waals surface area (Å²) in [5.41, 5.74) is 5.04. The van der Waals surface area contributed by atoms with Gasteiger partial charge in [0.05, 0.1) is 29.4 Å². The highest BCUT2D eigenvalue weighted by atomic mass is 35.5. The van der Waals surface area contributed by atoms with E-state index >= 15 is 0 Å². The molecule has 2 aliphatic heterocycles. The molecule has 2 heterocycles. The van der Waals surface area contributed by atoms with Crippen LogP contribution in [0.15, 0.2) is 66.7 Å². The molecule has 2 fully saturated rings. The van der Waals surface area contributed by atoms with E-state index in [0.717, 1.165) is 38.4 Å². The zero-order chi connectivity index (χ0) is 26.5. The van der Waals surface area contributed by atoms with Gasteiger partial charge in [-0.2, -0.15) is 0 Å². The van der Waals surface area contributed by atoms with E-state index in [-0.39, 0.29) is 11.8 Å². The van der Waals surface area contributed by atoms with Crippen molar-refractivity contribution < 1.29 is 14.3 Å². The molecule has 0 unspecified atom stereocenters. The Hall–Kier alpha value is -3.39. The maximum atomic E-state index is 13.7. The fourth-order valence-electron chi connectivity index (χ4n) is 5.06. The largest absolute Gasteiger partial charge is 0.378 e. The summed E-state index contributed by atoms with van der Waals surface area (Å²) in [5, 5.41) is 3.30. The van der Waals surface area contributed by atoms with Gasteiger partial charge in [-0.15, -0.1) is 0 Å². The quantitative estimate of drug-likeness (QED) is 0.499. The van der Waals surface area contributed by atoms with Gasteiger partial charge in [-0.05, 0) is 42.8 Å². The zero-order valence-electron chi connectivity index (χ0n) is 21.7. The molecule has 0 radical (unpaired) electrons. The standard InChI is InChI=1S/C30H33ClN4O3/c1-22-5-4-6-23(19-22)21-33-11-13-34(14-12-33)28-10-9-24(32-29(36)25-7-2-3-8-27(25)31)20-26(28)30(37)35-15-17-38-18-16-35/h2-10,19-20H,11-18,21H2,1H3,(H,32,36). The zero-order valence-corrected chi connectivity index (χ0v) is 22.4. The van der Waals surface area contributed by atoms with E-state index in [1.165, 1.54) is 11.1 Å². The maximum Gasteiger partial charge on any atom is 0.257 e. The van der Waals surface area contributed by atoms with Gasteiger partial charge in [-0.1, -0.05) is 53.6 Å². The number of piperazine rings is 1. The normalized spacial score (nSPS) is 16.4. The molecule has 2 aliphatic rings. The van der Waals surface area contributed by atoms with Crippen LogP contribution in [0, 0.1) is 6.92 Å². The number of morpholine rings is 1. The first-order valence-electron chi connectivity index (χ1n) is 13.1. The predicted octanol–water partition coefficient (Wildman–Crippen LogP) is 4.70. The van der Waals surface area contributed by atoms with Gasteiger partial charge < -0.3 is 19.9 Å². The highest BCUT2D eigenvalue weighted by Gasteiger charge is 2.26. The number of amides is 2. The summed E-state index contributed by atoms with van der Waals surface area (Å²) >= 11 is 6.22. The van der Waals surface area contributed by atoms with E-state index in [2.05, 4.69) is 46.3 Å². The van der Waals surface area contributed by atoms with Crippen molar-refractivity contribution in [3.05, 3.63) is 94.0 Å². The summed E-state index contributed by atoms with van der Waals surface area (Å²) < 4.78 is 5.46. The molecule has 0 spiro atoms. The molecule has 2 amide bonds. The molecule has 7 nitrogen and oxygen atoms in total. The Morgan fingerprint density at radius 2 is 1.63 bits per heavy atom. The number of carbonyl (C=O) groups excluding carboxylic acids is 2. The molecule has 0 aromatic heterocycles. The van der Waals surface area contributed by atoms with Gasteiger partial charge in [-0.3, -0.25) is 14.5 Å². The van der Waals surface area contributed by atoms with Gasteiger partial charge in [-0.25, -0.2) is 0 Å². The van der Waals surface area contributed by atoms with Gasteiger partial charge in [0.25, 0.3) is 11.8 Å². The molecule has 8 heteroatoms. The average molecular weight is 533 g/mol. The summed E-state index contributed by atoms with van der Waals surface area (Å²) in [4.78, 5) is 33.1. The summed E-state index contributed by atoms with van der Waals surface area (Å²) in [6, 6.07) is 21.2. The number of anilines is 2. The van der Waals surface area contributed by atoms with Crippen molar-refractivity contribution in [3.63, 3.8) is 0 Å². The Morgan fingerprint density at radius 3 is 2.37 bits per heavy atom. The molecule has 198 valence electrons. The minimum Gasteiger partial charge on any atom is -0.378 e. The van der Waals surface area contributed by atoms with Gasteiger partial charge in [0.2, 0.25) is 0 Å². The molecular weight excluding hydrogens is 500 g/mol. The monoisotopic (exact) mass is 532 g/mol. The molecular formula is C30H33ClN4O3. The lowest BCUT2D eigenvalue weighted by Gasteiger charge is -2.37. The molecule has 3 aromatic rings. The Labute approximate surface area is 228 Å². The van der Waals surface area contributed by atoms with Gasteiger partial charge >= 0.3 is 0 Å². The summed E-state index contributed by atoms with van der Waals surface area (Å²) in [6.07, 6.45) is 0. The van der Waals surface area contributed by atoms with E-state index in [4.69, 9.17) is 16.3 Å². The van der Waals surface area contributed by atoms with Crippen LogP contribution in [0.25, 0.3) is 0 Å². The number of benzene rings is 3. The van der Waals surface area contributed by atoms with E-state index < -0.39 is 0 Å². The fraction of sp³-hybridized carbons (Fsp3) is 0.333. The number of hydrogen-bond acceptors (Lipinski definition) is 5. The van der Waals surface area contributed by atoms with Crippen LogP contribution in [0.3, 0.4) is 0 Å². The third-order valence-electron chi connectivity index (χ3n) is 7.10. The Kier molecular flexibility index (Phi) is 8.27. The van der Waals surface area contributed by atoms with Crippen molar-refractivity contribution in [3.8, 4) is 0 Å². The minimum atomic E-state index is -0.308. The summed E-state index contributed by atoms with van der Waals surface area (Å²) in [5.74, 6) is -0.350. The minimum absolute atomic E-state index is 0.0423. The highest BCUT2D eigenvalue weighted by molar-refractivity contribution is 6.34. The van der Waals surface area contributed by atoms with Crippen LogP contribution >= 0.6 is 11.6 Å². The number of hydrogen-bond donors (Lipinski definition) is 1. The molecule has 0 aliphatic carbocycles. The lowest BCUT2D eigenvalue weighted by Crippen LogP contribution is -2.47. The number of nitrogens with zero attached hydrogens (tertiary/aromatic N) is 3. The van der Waals surface area contributed by atoms with Crippen LogP contribution in [0.1, 0.15) is 31.8 Å². The SMILES string of the molecule is Cc1cccc(CN2CCN(c3ccc(NC(=O)c4ccccc4Cl)cc3C(=O)N3CCOCC3)CC2)c1. The van der Waals surface area contributed by atoms with Crippen LogP contribution in [0.2, 0.25) is 5.02 Å². The average Bonchev–Trinajstić information content (AvgIpc) is 2.94. The first-order valence-corrected chi connectivity index (χ1v) is 13.5. The Morgan fingerprint density at radius 1 is 0.868 bits per heavy atom. The molecule has 38 heavy (non-hydrogen) atoms. The lowest BCUT2D eigenvalue weighted by atomic mass is 10.1. The third-order valence-corrected chi connectivity index (χ3v) is 7.43. The van der Waals surface area contributed by atoms with Crippen LogP contribution in [0.5, 0.6) is 0 Å². The smallest absolute Gasteiger partial charge is 0.257 e. The van der Waals surface area contributed by atoms with Crippen molar-refractivity contribution >= 4 is 34.8 Å². The highest BCUT2D eigenvalue weighted by Crippen LogP contribution is 2.28. The van der Waals surface area contributed by atoms with Crippen LogP contribution in [-0.2, 0) is 11.3 Å². The van der Waals surface area contributed by atoms with Crippen molar-refractivity contribution in [2.75, 3.05) is 62.7 Å². The second-order valence-corrected chi connectivity index (χ2v) is 10.2. The van der Waals surface area contributed by atoms with E-state index in [1.807, 2.05) is 17.0 Å². The molecule has 0 saturated carbocycles. The molecule has 5 rings (SSSR count). The lowest BCUT2D eigenvalue weighted by molar-refractivity contribution is 0.0303. The Bertz CT molecular complexity index is 1300. The van der Waals surface area contributed by atoms with Crippen molar-refractivity contribution in [2.45, 2.75) is 13.5 Å². The number of rotatable bonds is 6. The van der Waals surface area contributed by atoms with Crippen LogP contribution in [0.4, 0.5) is 11.4 Å². The fourth-order valence-corrected chi connectivity index (χ4v) is 5.28. The van der Waals surface area contributed by atoms with Crippen molar-refractivity contribution in [1.29, 1.82) is 0 Å². The molecule has 0 atom stereocenters. The van der Waals surface area contributed by atoms with Crippen LogP contribution < -0.4 is 10.2 Å². The number of halogens is 1. The molecule has 0 bridgehead atoms. The number of ether oxygens (including phenoxy) is 1. The molecule has 3 aromatic carbocycles. The number of carbonyl (C=O) groups is 2. The van der Waals surface area contributed by atoms with Gasteiger partial charge in [0, 0.05) is 57.2 Å². The van der Waals surface area contributed by atoms with Gasteiger partial charge in [0.15, 0.2) is 0 Å². The Balaban J connectivity index is 1.34. The van der Waals surface area contributed by atoms with E-state index in [0.29, 0.717) is 48.1 Å².